The second kappa shape index (κ2) is 29.8. The van der Waals surface area contributed by atoms with Crippen LogP contribution in [0.5, 0.6) is 40.2 Å². The second-order valence-corrected chi connectivity index (χ2v) is 16.0. The first-order valence-electron chi connectivity index (χ1n) is 23.4. The Morgan fingerprint density at radius 3 is 1.03 bits per heavy atom. The van der Waals surface area contributed by atoms with Gasteiger partial charge in [0.05, 0.1) is 36.9 Å². The molecule has 0 aliphatic heterocycles. The van der Waals surface area contributed by atoms with Crippen LogP contribution in [-0.2, 0) is 19.8 Å². The number of rotatable bonds is 35. The molecule has 0 aromatic heterocycles. The topological polar surface area (TPSA) is 125 Å². The number of hydrogen-bond donors (Lipinski definition) is 0. The molecule has 0 aliphatic rings. The van der Waals surface area contributed by atoms with E-state index in [9.17, 15) is 14.9 Å². The molecule has 344 valence electrons. The van der Waals surface area contributed by atoms with Crippen molar-refractivity contribution < 1.29 is 42.9 Å². The predicted molar refractivity (Wildman–Crippen MR) is 249 cm³/mol. The fourth-order valence-electron chi connectivity index (χ4n) is 6.90. The lowest BCUT2D eigenvalue weighted by atomic mass is 10.1. The van der Waals surface area contributed by atoms with Crippen molar-refractivity contribution in [3.05, 3.63) is 105 Å². The van der Waals surface area contributed by atoms with E-state index in [4.69, 9.17) is 33.2 Å². The normalized spacial score (nSPS) is 10.9. The van der Waals surface area contributed by atoms with E-state index in [0.717, 1.165) is 117 Å². The zero-order chi connectivity index (χ0) is 44.9. The Kier molecular flexibility index (Phi) is 23.7. The standard InChI is InChI=1S/C52H71NO10/c1-5-9-13-17-23-57-46-27-41(28-47(34-46)58-24-18-14-10-6-2)39-62-50-31-43(38-61-45-21-22-52(53(55)56)44(33-45)37-54)32-51(36-50)63-40-42-29-48(59-25-19-15-11-7-3)35-49(30-42)60-26-20-16-12-8-4/h21-22,27-37H,5-20,23-26,38-40H2,1-4H3. The molecule has 0 aliphatic carbocycles. The molecule has 0 atom stereocenters. The van der Waals surface area contributed by atoms with Gasteiger partial charge in [-0.15, -0.1) is 0 Å². The van der Waals surface area contributed by atoms with E-state index < -0.39 is 4.92 Å². The highest BCUT2D eigenvalue weighted by atomic mass is 16.6. The molecule has 0 N–H and O–H groups in total. The van der Waals surface area contributed by atoms with E-state index >= 15 is 0 Å². The molecule has 0 spiro atoms. The molecule has 4 rings (SSSR count). The van der Waals surface area contributed by atoms with Crippen molar-refractivity contribution in [2.75, 3.05) is 26.4 Å². The third-order valence-electron chi connectivity index (χ3n) is 10.4. The van der Waals surface area contributed by atoms with E-state index in [2.05, 4.69) is 27.7 Å². The van der Waals surface area contributed by atoms with Gasteiger partial charge in [0.1, 0.15) is 60.1 Å². The van der Waals surface area contributed by atoms with Crippen molar-refractivity contribution in [3.8, 4) is 40.2 Å². The largest absolute Gasteiger partial charge is 0.493 e. The van der Waals surface area contributed by atoms with Gasteiger partial charge in [-0.3, -0.25) is 14.9 Å². The van der Waals surface area contributed by atoms with Gasteiger partial charge >= 0.3 is 0 Å². The van der Waals surface area contributed by atoms with E-state index in [1.807, 2.05) is 54.6 Å². The summed E-state index contributed by atoms with van der Waals surface area (Å²) in [6.45, 7) is 11.9. The average molecular weight is 870 g/mol. The molecule has 0 radical (unpaired) electrons. The Labute approximate surface area is 375 Å². The van der Waals surface area contributed by atoms with Crippen LogP contribution in [0.25, 0.3) is 0 Å². The van der Waals surface area contributed by atoms with Crippen molar-refractivity contribution in [2.24, 2.45) is 0 Å². The number of nitro groups is 1. The molecule has 0 saturated heterocycles. The maximum absolute atomic E-state index is 11.6. The van der Waals surface area contributed by atoms with E-state index in [1.165, 1.54) is 43.9 Å². The molecule has 0 unspecified atom stereocenters. The Morgan fingerprint density at radius 2 is 0.730 bits per heavy atom. The van der Waals surface area contributed by atoms with Gasteiger partial charge in [0.15, 0.2) is 6.29 Å². The SMILES string of the molecule is CCCCCCOc1cc(COc2cc(COc3ccc([N+](=O)[O-])c(C=O)c3)cc(OCc3cc(OCCCCCC)cc(OCCCCCC)c3)c2)cc(OCCCCCC)c1. The summed E-state index contributed by atoms with van der Waals surface area (Å²) in [5.41, 5.74) is 2.18. The van der Waals surface area contributed by atoms with Crippen LogP contribution < -0.4 is 33.2 Å². The molecule has 4 aromatic rings. The van der Waals surface area contributed by atoms with Gasteiger partial charge in [-0.25, -0.2) is 0 Å². The minimum Gasteiger partial charge on any atom is -0.493 e. The van der Waals surface area contributed by atoms with Gasteiger partial charge in [0.2, 0.25) is 0 Å². The molecule has 0 heterocycles. The second-order valence-electron chi connectivity index (χ2n) is 16.0. The van der Waals surface area contributed by atoms with Crippen LogP contribution in [0, 0.1) is 10.1 Å². The Hall–Kier alpha value is -5.45. The van der Waals surface area contributed by atoms with Gasteiger partial charge in [-0.1, -0.05) is 105 Å². The number of hydrogen-bond acceptors (Lipinski definition) is 10. The summed E-state index contributed by atoms with van der Waals surface area (Å²) in [7, 11) is 0. The molecule has 0 fully saturated rings. The highest BCUT2D eigenvalue weighted by Crippen LogP contribution is 2.31. The highest BCUT2D eigenvalue weighted by molar-refractivity contribution is 5.82. The van der Waals surface area contributed by atoms with E-state index in [1.54, 1.807) is 0 Å². The molecule has 11 heteroatoms. The van der Waals surface area contributed by atoms with Crippen molar-refractivity contribution in [1.82, 2.24) is 0 Å². The number of aldehydes is 1. The van der Waals surface area contributed by atoms with Gasteiger partial charge < -0.3 is 33.2 Å². The van der Waals surface area contributed by atoms with Crippen LogP contribution in [0.1, 0.15) is 157 Å². The maximum Gasteiger partial charge on any atom is 0.280 e. The van der Waals surface area contributed by atoms with Crippen LogP contribution in [0.3, 0.4) is 0 Å². The molecule has 0 saturated carbocycles. The van der Waals surface area contributed by atoms with Gasteiger partial charge in [0, 0.05) is 24.3 Å². The fourth-order valence-corrected chi connectivity index (χ4v) is 6.90. The Morgan fingerprint density at radius 1 is 0.413 bits per heavy atom. The van der Waals surface area contributed by atoms with Crippen LogP contribution in [-0.4, -0.2) is 37.6 Å². The maximum atomic E-state index is 11.6. The molecule has 11 nitrogen and oxygen atoms in total. The van der Waals surface area contributed by atoms with Crippen LogP contribution in [0.4, 0.5) is 5.69 Å². The number of carbonyl (C=O) groups excluding carboxylic acids is 1. The Bertz CT molecular complexity index is 1770. The average Bonchev–Trinajstić information content (AvgIpc) is 3.29. The number of unbranched alkanes of at least 4 members (excludes halogenated alkanes) is 12. The van der Waals surface area contributed by atoms with Crippen LogP contribution in [0.2, 0.25) is 0 Å². The minimum atomic E-state index is -0.589. The number of ether oxygens (including phenoxy) is 7. The smallest absolute Gasteiger partial charge is 0.280 e. The van der Waals surface area contributed by atoms with Crippen molar-refractivity contribution >= 4 is 12.0 Å². The summed E-state index contributed by atoms with van der Waals surface area (Å²) in [6, 6.07) is 21.6. The van der Waals surface area contributed by atoms with E-state index in [-0.39, 0.29) is 31.1 Å². The summed E-state index contributed by atoms with van der Waals surface area (Å²) >= 11 is 0. The lowest BCUT2D eigenvalue weighted by Gasteiger charge is -2.16. The monoisotopic (exact) mass is 870 g/mol. The van der Waals surface area contributed by atoms with Gasteiger partial charge in [-0.2, -0.15) is 0 Å². The van der Waals surface area contributed by atoms with Crippen molar-refractivity contribution in [2.45, 2.75) is 150 Å². The van der Waals surface area contributed by atoms with Gasteiger partial charge in [0.25, 0.3) is 5.69 Å². The third-order valence-corrected chi connectivity index (χ3v) is 10.4. The first-order valence-corrected chi connectivity index (χ1v) is 23.4. The number of benzene rings is 4. The first-order chi connectivity index (χ1) is 30.8. The van der Waals surface area contributed by atoms with Crippen molar-refractivity contribution in [1.29, 1.82) is 0 Å². The number of carbonyl (C=O) groups is 1. The lowest BCUT2D eigenvalue weighted by Crippen LogP contribution is -2.04. The number of nitro benzene ring substituents is 1. The predicted octanol–water partition coefficient (Wildman–Crippen LogP) is 14.0. The molecular formula is C52H71NO10. The summed E-state index contributed by atoms with van der Waals surface area (Å²) in [5.74, 6) is 4.41. The molecule has 63 heavy (non-hydrogen) atoms. The first kappa shape index (κ1) is 50.2. The Balaban J connectivity index is 1.57. The van der Waals surface area contributed by atoms with Crippen LogP contribution in [0.15, 0.2) is 72.8 Å². The quantitative estimate of drug-likeness (QED) is 0.0191. The third kappa shape index (κ3) is 19.6. The lowest BCUT2D eigenvalue weighted by molar-refractivity contribution is -0.385. The molecular weight excluding hydrogens is 799 g/mol. The minimum absolute atomic E-state index is 0.0634. The molecule has 4 aromatic carbocycles. The summed E-state index contributed by atoms with van der Waals surface area (Å²) < 4.78 is 43.8. The summed E-state index contributed by atoms with van der Waals surface area (Å²) in [6.07, 6.45) is 18.3. The fraction of sp³-hybridized carbons (Fsp3) is 0.519. The molecule has 0 amide bonds. The molecule has 0 bridgehead atoms. The zero-order valence-corrected chi connectivity index (χ0v) is 38.3. The summed E-state index contributed by atoms with van der Waals surface area (Å²) in [5, 5.41) is 11.4. The van der Waals surface area contributed by atoms with Crippen molar-refractivity contribution in [3.63, 3.8) is 0 Å². The number of nitrogens with zero attached hydrogens (tertiary/aromatic N) is 1. The van der Waals surface area contributed by atoms with Crippen LogP contribution >= 0.6 is 0 Å². The van der Waals surface area contributed by atoms with Gasteiger partial charge in [-0.05, 0) is 90.9 Å². The van der Waals surface area contributed by atoms with E-state index in [0.29, 0.717) is 50.0 Å². The highest BCUT2D eigenvalue weighted by Gasteiger charge is 2.15. The zero-order valence-electron chi connectivity index (χ0n) is 38.3. The summed E-state index contributed by atoms with van der Waals surface area (Å²) in [4.78, 5) is 22.5.